The summed E-state index contributed by atoms with van der Waals surface area (Å²) in [5, 5.41) is 28.1. The molecule has 0 saturated carbocycles. The van der Waals surface area contributed by atoms with Gasteiger partial charge in [0.25, 0.3) is 0 Å². The van der Waals surface area contributed by atoms with Crippen LogP contribution >= 0.6 is 0 Å². The van der Waals surface area contributed by atoms with Gasteiger partial charge in [-0.15, -0.1) is 0 Å². The fourth-order valence-corrected chi connectivity index (χ4v) is 2.19. The normalized spacial score (nSPS) is 13.1. The number of rotatable bonds is 8. The van der Waals surface area contributed by atoms with Gasteiger partial charge in [-0.05, 0) is 0 Å². The monoisotopic (exact) mass is 296 g/mol. The van der Waals surface area contributed by atoms with Crippen molar-refractivity contribution in [1.82, 2.24) is 24.4 Å². The largest absolute Gasteiger partial charge is 0.395 e. The van der Waals surface area contributed by atoms with E-state index < -0.39 is 6.10 Å². The quantitative estimate of drug-likeness (QED) is 0.442. The Kier molecular flexibility index (Phi) is 5.39. The lowest BCUT2D eigenvalue weighted by Crippen LogP contribution is -2.38. The van der Waals surface area contributed by atoms with Crippen LogP contribution in [0.4, 0.5) is 5.82 Å². The van der Waals surface area contributed by atoms with Crippen LogP contribution in [-0.2, 0) is 6.54 Å². The Morgan fingerprint density at radius 2 is 1.90 bits per heavy atom. The van der Waals surface area contributed by atoms with Crippen molar-refractivity contribution in [3.05, 3.63) is 12.7 Å². The zero-order valence-corrected chi connectivity index (χ0v) is 11.6. The molecule has 0 amide bonds. The third-order valence-electron chi connectivity index (χ3n) is 3.14. The Balaban J connectivity index is 2.03. The van der Waals surface area contributed by atoms with Gasteiger partial charge < -0.3 is 25.6 Å². The topological polar surface area (TPSA) is 134 Å². The molecular weight excluding hydrogens is 276 g/mol. The van der Waals surface area contributed by atoms with Gasteiger partial charge in [0, 0.05) is 19.6 Å². The molecule has 0 saturated heterocycles. The highest BCUT2D eigenvalue weighted by Crippen LogP contribution is 2.14. The van der Waals surface area contributed by atoms with Gasteiger partial charge in [-0.25, -0.2) is 15.0 Å². The SMILES string of the molecule is Nc1ncnc2c1ncn2CC(O)CN(CCO)CCO. The molecule has 1 atom stereocenters. The second kappa shape index (κ2) is 7.27. The fourth-order valence-electron chi connectivity index (χ4n) is 2.19. The number of imidazole rings is 1. The molecule has 0 bridgehead atoms. The standard InChI is InChI=1S/C12H20N6O3/c13-11-10-12(15-7-14-11)18(8-16-10)6-9(21)5-17(1-3-19)2-4-20/h7-9,19-21H,1-6H2,(H2,13,14,15). The number of aliphatic hydroxyl groups excluding tert-OH is 3. The third-order valence-corrected chi connectivity index (χ3v) is 3.14. The Morgan fingerprint density at radius 3 is 2.57 bits per heavy atom. The second-order valence-corrected chi connectivity index (χ2v) is 4.73. The van der Waals surface area contributed by atoms with Gasteiger partial charge in [0.1, 0.15) is 11.8 Å². The number of nitrogens with two attached hydrogens (primary N) is 1. The highest BCUT2D eigenvalue weighted by atomic mass is 16.3. The molecule has 0 radical (unpaired) electrons. The first-order chi connectivity index (χ1) is 10.2. The van der Waals surface area contributed by atoms with E-state index in [0.29, 0.717) is 43.2 Å². The molecule has 9 nitrogen and oxygen atoms in total. The Morgan fingerprint density at radius 1 is 1.19 bits per heavy atom. The maximum Gasteiger partial charge on any atom is 0.165 e. The van der Waals surface area contributed by atoms with Crippen LogP contribution in [0.25, 0.3) is 11.2 Å². The summed E-state index contributed by atoms with van der Waals surface area (Å²) in [4.78, 5) is 13.9. The van der Waals surface area contributed by atoms with E-state index in [9.17, 15) is 5.11 Å². The van der Waals surface area contributed by atoms with Gasteiger partial charge in [-0.3, -0.25) is 4.90 Å². The average Bonchev–Trinajstić information content (AvgIpc) is 2.84. The van der Waals surface area contributed by atoms with Gasteiger partial charge >= 0.3 is 0 Å². The van der Waals surface area contributed by atoms with Crippen LogP contribution in [0.5, 0.6) is 0 Å². The average molecular weight is 296 g/mol. The number of hydrogen-bond donors (Lipinski definition) is 4. The van der Waals surface area contributed by atoms with Crippen LogP contribution in [0, 0.1) is 0 Å². The zero-order chi connectivity index (χ0) is 15.2. The minimum atomic E-state index is -0.684. The first-order valence-electron chi connectivity index (χ1n) is 6.69. The van der Waals surface area contributed by atoms with Crippen molar-refractivity contribution in [3.63, 3.8) is 0 Å². The molecule has 2 heterocycles. The van der Waals surface area contributed by atoms with Crippen molar-refractivity contribution in [2.24, 2.45) is 0 Å². The van der Waals surface area contributed by atoms with Gasteiger partial charge in [0.15, 0.2) is 11.5 Å². The first-order valence-corrected chi connectivity index (χ1v) is 6.69. The van der Waals surface area contributed by atoms with Crippen LogP contribution in [0.2, 0.25) is 0 Å². The molecule has 0 spiro atoms. The molecule has 116 valence electrons. The van der Waals surface area contributed by atoms with Gasteiger partial charge in [0.05, 0.1) is 32.2 Å². The minimum Gasteiger partial charge on any atom is -0.395 e. The van der Waals surface area contributed by atoms with E-state index >= 15 is 0 Å². The molecule has 2 rings (SSSR count). The smallest absolute Gasteiger partial charge is 0.165 e. The van der Waals surface area contributed by atoms with Crippen LogP contribution in [0.15, 0.2) is 12.7 Å². The number of aromatic nitrogens is 4. The summed E-state index contributed by atoms with van der Waals surface area (Å²) >= 11 is 0. The van der Waals surface area contributed by atoms with Crippen LogP contribution in [0.3, 0.4) is 0 Å². The van der Waals surface area contributed by atoms with E-state index in [-0.39, 0.29) is 13.2 Å². The highest BCUT2D eigenvalue weighted by Gasteiger charge is 2.14. The molecule has 0 aliphatic rings. The zero-order valence-electron chi connectivity index (χ0n) is 11.6. The first kappa shape index (κ1) is 15.6. The van der Waals surface area contributed by atoms with E-state index in [2.05, 4.69) is 15.0 Å². The summed E-state index contributed by atoms with van der Waals surface area (Å²) in [5.41, 5.74) is 6.78. The van der Waals surface area contributed by atoms with Crippen molar-refractivity contribution in [2.45, 2.75) is 12.6 Å². The molecule has 2 aromatic heterocycles. The number of nitrogens with zero attached hydrogens (tertiary/aromatic N) is 5. The van der Waals surface area contributed by atoms with Crippen molar-refractivity contribution in [1.29, 1.82) is 0 Å². The Bertz CT molecular complexity index is 569. The summed E-state index contributed by atoms with van der Waals surface area (Å²) in [7, 11) is 0. The van der Waals surface area contributed by atoms with E-state index in [1.165, 1.54) is 6.33 Å². The Labute approximate surface area is 121 Å². The minimum absolute atomic E-state index is 0.0233. The maximum absolute atomic E-state index is 10.1. The molecule has 0 fully saturated rings. The molecule has 1 unspecified atom stereocenters. The maximum atomic E-state index is 10.1. The van der Waals surface area contributed by atoms with Crippen LogP contribution in [-0.4, -0.2) is 78.7 Å². The lowest BCUT2D eigenvalue weighted by atomic mass is 10.3. The van der Waals surface area contributed by atoms with Gasteiger partial charge in [0.2, 0.25) is 0 Å². The fraction of sp³-hybridized carbons (Fsp3) is 0.583. The van der Waals surface area contributed by atoms with Crippen LogP contribution < -0.4 is 5.73 Å². The Hall–Kier alpha value is -1.81. The van der Waals surface area contributed by atoms with Gasteiger partial charge in [-0.1, -0.05) is 0 Å². The molecule has 5 N–H and O–H groups in total. The van der Waals surface area contributed by atoms with E-state index in [4.69, 9.17) is 15.9 Å². The molecule has 9 heteroatoms. The predicted octanol–water partition coefficient (Wildman–Crippen LogP) is -1.94. The van der Waals surface area contributed by atoms with Crippen molar-refractivity contribution in [3.8, 4) is 0 Å². The van der Waals surface area contributed by atoms with Crippen molar-refractivity contribution < 1.29 is 15.3 Å². The number of nitrogen functional groups attached to an aromatic ring is 1. The van der Waals surface area contributed by atoms with Crippen LogP contribution in [0.1, 0.15) is 0 Å². The lowest BCUT2D eigenvalue weighted by Gasteiger charge is -2.23. The second-order valence-electron chi connectivity index (χ2n) is 4.73. The summed E-state index contributed by atoms with van der Waals surface area (Å²) in [5.74, 6) is 0.301. The predicted molar refractivity (Wildman–Crippen MR) is 76.4 cm³/mol. The number of anilines is 1. The molecular formula is C12H20N6O3. The van der Waals surface area contributed by atoms with E-state index in [1.54, 1.807) is 15.8 Å². The number of aliphatic hydroxyl groups is 3. The number of hydrogen-bond acceptors (Lipinski definition) is 8. The van der Waals surface area contributed by atoms with Crippen molar-refractivity contribution in [2.75, 3.05) is 38.6 Å². The molecule has 0 aliphatic heterocycles. The molecule has 21 heavy (non-hydrogen) atoms. The highest BCUT2D eigenvalue weighted by molar-refractivity contribution is 5.81. The summed E-state index contributed by atoms with van der Waals surface area (Å²) < 4.78 is 1.70. The van der Waals surface area contributed by atoms with Crippen molar-refractivity contribution >= 4 is 17.0 Å². The summed E-state index contributed by atoms with van der Waals surface area (Å²) in [6.45, 7) is 1.38. The third kappa shape index (κ3) is 3.85. The molecule has 2 aromatic rings. The molecule has 0 aliphatic carbocycles. The van der Waals surface area contributed by atoms with E-state index in [0.717, 1.165) is 0 Å². The number of fused-ring (bicyclic) bond motifs is 1. The lowest BCUT2D eigenvalue weighted by molar-refractivity contribution is 0.0779. The van der Waals surface area contributed by atoms with E-state index in [1.807, 2.05) is 0 Å². The molecule has 0 aromatic carbocycles. The summed E-state index contributed by atoms with van der Waals surface area (Å²) in [6.07, 6.45) is 2.23. The van der Waals surface area contributed by atoms with Gasteiger partial charge in [-0.2, -0.15) is 0 Å². The summed E-state index contributed by atoms with van der Waals surface area (Å²) in [6, 6.07) is 0.